The minimum absolute atomic E-state index is 0.0186. The van der Waals surface area contributed by atoms with Crippen LogP contribution in [0.5, 0.6) is 0 Å². The number of rotatable bonds is 9. The van der Waals surface area contributed by atoms with E-state index >= 15 is 0 Å². The smallest absolute Gasteiger partial charge is 0.303 e. The molecule has 0 atom stereocenters. The van der Waals surface area contributed by atoms with Gasteiger partial charge in [-0.1, -0.05) is 42.5 Å². The maximum Gasteiger partial charge on any atom is 0.303 e. The van der Waals surface area contributed by atoms with Crippen molar-refractivity contribution >= 4 is 40.4 Å². The van der Waals surface area contributed by atoms with Gasteiger partial charge in [-0.3, -0.25) is 9.59 Å². The lowest BCUT2D eigenvalue weighted by Gasteiger charge is -2.10. The molecule has 0 aliphatic carbocycles. The van der Waals surface area contributed by atoms with E-state index in [0.717, 1.165) is 27.9 Å². The fourth-order valence-corrected chi connectivity index (χ4v) is 3.58. The number of nitrogens with zero attached hydrogens (tertiary/aromatic N) is 1. The van der Waals surface area contributed by atoms with Crippen molar-refractivity contribution in [2.75, 3.05) is 10.6 Å². The Labute approximate surface area is 191 Å². The number of nitrogens with one attached hydrogen (secondary N) is 2. The van der Waals surface area contributed by atoms with Crippen LogP contribution in [-0.2, 0) is 22.4 Å². The molecule has 1 heterocycles. The van der Waals surface area contributed by atoms with Gasteiger partial charge in [0.15, 0.2) is 5.58 Å². The van der Waals surface area contributed by atoms with E-state index in [9.17, 15) is 9.59 Å². The molecule has 0 unspecified atom stereocenters. The van der Waals surface area contributed by atoms with E-state index in [4.69, 9.17) is 9.52 Å². The van der Waals surface area contributed by atoms with Crippen LogP contribution in [0.4, 0.5) is 17.4 Å². The van der Waals surface area contributed by atoms with Crippen LogP contribution in [0.15, 0.2) is 71.1 Å². The summed E-state index contributed by atoms with van der Waals surface area (Å²) >= 11 is 0. The van der Waals surface area contributed by atoms with Crippen LogP contribution in [0.25, 0.3) is 11.1 Å². The molecule has 0 radical (unpaired) electrons. The number of carboxylic acids is 1. The normalized spacial score (nSPS) is 10.8. The molecule has 7 nitrogen and oxygen atoms in total. The van der Waals surface area contributed by atoms with E-state index in [1.165, 1.54) is 0 Å². The fraction of sp³-hybridized carbons (Fsp3) is 0.192. The van der Waals surface area contributed by atoms with Gasteiger partial charge in [-0.05, 0) is 60.7 Å². The zero-order valence-electron chi connectivity index (χ0n) is 18.3. The van der Waals surface area contributed by atoms with Crippen molar-refractivity contribution in [3.63, 3.8) is 0 Å². The van der Waals surface area contributed by atoms with Crippen LogP contribution in [0.1, 0.15) is 29.5 Å². The predicted octanol–water partition coefficient (Wildman–Crippen LogP) is 5.47. The zero-order valence-corrected chi connectivity index (χ0v) is 18.3. The highest BCUT2D eigenvalue weighted by Gasteiger charge is 2.11. The van der Waals surface area contributed by atoms with Crippen molar-refractivity contribution in [3.05, 3.63) is 83.4 Å². The highest BCUT2D eigenvalue weighted by Crippen LogP contribution is 2.25. The molecule has 0 fully saturated rings. The number of para-hydroxylation sites is 2. The summed E-state index contributed by atoms with van der Waals surface area (Å²) in [7, 11) is 0. The summed E-state index contributed by atoms with van der Waals surface area (Å²) in [5.41, 5.74) is 5.86. The lowest BCUT2D eigenvalue weighted by atomic mass is 10.1. The maximum atomic E-state index is 12.5. The summed E-state index contributed by atoms with van der Waals surface area (Å²) in [6.45, 7) is 2.01. The second kappa shape index (κ2) is 9.99. The lowest BCUT2D eigenvalue weighted by molar-refractivity contribution is -0.137. The number of anilines is 3. The Hall–Kier alpha value is -4.13. The first-order valence-electron chi connectivity index (χ1n) is 10.8. The zero-order chi connectivity index (χ0) is 23.2. The van der Waals surface area contributed by atoms with Crippen molar-refractivity contribution in [3.8, 4) is 0 Å². The van der Waals surface area contributed by atoms with Crippen molar-refractivity contribution in [2.45, 2.75) is 32.6 Å². The van der Waals surface area contributed by atoms with Gasteiger partial charge in [0.2, 0.25) is 5.91 Å². The molecule has 168 valence electrons. The van der Waals surface area contributed by atoms with Gasteiger partial charge in [0, 0.05) is 24.2 Å². The SMILES string of the molecule is Cc1ccccc1Nc1nc2ccc(CCC(=O)Nc3ccccc3CCC(=O)O)cc2o1. The van der Waals surface area contributed by atoms with Crippen LogP contribution in [0.2, 0.25) is 0 Å². The van der Waals surface area contributed by atoms with Gasteiger partial charge in [-0.15, -0.1) is 0 Å². The molecule has 0 spiro atoms. The average molecular weight is 444 g/mol. The van der Waals surface area contributed by atoms with Crippen LogP contribution in [-0.4, -0.2) is 22.0 Å². The van der Waals surface area contributed by atoms with E-state index in [-0.39, 0.29) is 12.3 Å². The fourth-order valence-electron chi connectivity index (χ4n) is 3.58. The van der Waals surface area contributed by atoms with E-state index in [1.54, 1.807) is 6.07 Å². The number of carbonyl (C=O) groups excluding carboxylic acids is 1. The summed E-state index contributed by atoms with van der Waals surface area (Å²) in [5.74, 6) is -0.992. The Bertz CT molecular complexity index is 1300. The lowest BCUT2D eigenvalue weighted by Crippen LogP contribution is -2.14. The van der Waals surface area contributed by atoms with Crippen LogP contribution >= 0.6 is 0 Å². The molecule has 4 aromatic rings. The quantitative estimate of drug-likeness (QED) is 0.317. The first kappa shape index (κ1) is 22.1. The highest BCUT2D eigenvalue weighted by atomic mass is 16.4. The van der Waals surface area contributed by atoms with E-state index in [2.05, 4.69) is 15.6 Å². The first-order valence-corrected chi connectivity index (χ1v) is 10.8. The molecule has 0 aliphatic heterocycles. The summed E-state index contributed by atoms with van der Waals surface area (Å²) < 4.78 is 5.86. The van der Waals surface area contributed by atoms with Gasteiger partial charge < -0.3 is 20.2 Å². The van der Waals surface area contributed by atoms with Crippen molar-refractivity contribution in [2.24, 2.45) is 0 Å². The number of hydrogen-bond acceptors (Lipinski definition) is 5. The number of carbonyl (C=O) groups is 2. The molecular weight excluding hydrogens is 418 g/mol. The average Bonchev–Trinajstić information content (AvgIpc) is 3.20. The van der Waals surface area contributed by atoms with Crippen LogP contribution < -0.4 is 10.6 Å². The van der Waals surface area contributed by atoms with E-state index in [0.29, 0.717) is 36.5 Å². The maximum absolute atomic E-state index is 12.5. The monoisotopic (exact) mass is 443 g/mol. The molecule has 0 saturated carbocycles. The minimum atomic E-state index is -0.865. The van der Waals surface area contributed by atoms with Crippen molar-refractivity contribution in [1.82, 2.24) is 4.98 Å². The Balaban J connectivity index is 1.38. The van der Waals surface area contributed by atoms with Gasteiger partial charge in [-0.25, -0.2) is 0 Å². The number of carboxylic acid groups (broad SMARTS) is 1. The van der Waals surface area contributed by atoms with Crippen LogP contribution in [0.3, 0.4) is 0 Å². The van der Waals surface area contributed by atoms with Gasteiger partial charge >= 0.3 is 5.97 Å². The molecule has 1 aromatic heterocycles. The van der Waals surface area contributed by atoms with E-state index < -0.39 is 5.97 Å². The molecule has 0 bridgehead atoms. The Kier molecular flexibility index (Phi) is 6.69. The summed E-state index contributed by atoms with van der Waals surface area (Å²) in [6.07, 6.45) is 1.22. The molecule has 4 rings (SSSR count). The third-order valence-corrected chi connectivity index (χ3v) is 5.38. The number of aromatic nitrogens is 1. The number of hydrogen-bond donors (Lipinski definition) is 3. The number of aliphatic carboxylic acids is 1. The highest BCUT2D eigenvalue weighted by molar-refractivity contribution is 5.91. The molecule has 3 N–H and O–H groups in total. The van der Waals surface area contributed by atoms with E-state index in [1.807, 2.05) is 67.6 Å². The van der Waals surface area contributed by atoms with Gasteiger partial charge in [0.25, 0.3) is 6.01 Å². The second-order valence-electron chi connectivity index (χ2n) is 7.86. The summed E-state index contributed by atoms with van der Waals surface area (Å²) in [5, 5.41) is 15.0. The molecule has 33 heavy (non-hydrogen) atoms. The molecule has 7 heteroatoms. The third-order valence-electron chi connectivity index (χ3n) is 5.38. The number of benzene rings is 3. The molecule has 1 amide bonds. The van der Waals surface area contributed by atoms with Gasteiger partial charge in [-0.2, -0.15) is 4.98 Å². The van der Waals surface area contributed by atoms with Gasteiger partial charge in [0.05, 0.1) is 0 Å². The van der Waals surface area contributed by atoms with Crippen molar-refractivity contribution in [1.29, 1.82) is 0 Å². The molecule has 3 aromatic carbocycles. The first-order chi connectivity index (χ1) is 16.0. The van der Waals surface area contributed by atoms with Crippen LogP contribution in [0, 0.1) is 6.92 Å². The number of amides is 1. The van der Waals surface area contributed by atoms with Gasteiger partial charge in [0.1, 0.15) is 5.52 Å². The molecule has 0 aliphatic rings. The summed E-state index contributed by atoms with van der Waals surface area (Å²) in [4.78, 5) is 27.9. The second-order valence-corrected chi connectivity index (χ2v) is 7.86. The predicted molar refractivity (Wildman–Crippen MR) is 128 cm³/mol. The number of oxazole rings is 1. The third kappa shape index (κ3) is 5.77. The minimum Gasteiger partial charge on any atom is -0.481 e. The molecular formula is C26H25N3O4. The Morgan fingerprint density at radius 1 is 0.939 bits per heavy atom. The molecule has 0 saturated heterocycles. The Morgan fingerprint density at radius 3 is 2.48 bits per heavy atom. The number of aryl methyl sites for hydroxylation is 3. The number of fused-ring (bicyclic) bond motifs is 1. The largest absolute Gasteiger partial charge is 0.481 e. The standard InChI is InChI=1S/C26H25N3O4/c1-17-6-2-4-8-20(17)28-26-29-22-13-10-18(16-23(22)33-26)11-14-24(30)27-21-9-5-3-7-19(21)12-15-25(31)32/h2-10,13,16H,11-12,14-15H2,1H3,(H,27,30)(H,28,29)(H,31,32). The van der Waals surface area contributed by atoms with Crippen molar-refractivity contribution < 1.29 is 19.1 Å². The Morgan fingerprint density at radius 2 is 1.70 bits per heavy atom. The summed E-state index contributed by atoms with van der Waals surface area (Å²) in [6, 6.07) is 21.3. The topological polar surface area (TPSA) is 104 Å².